The highest BCUT2D eigenvalue weighted by atomic mass is 79.9. The number of carbonyl (C=O) groups is 3. The summed E-state index contributed by atoms with van der Waals surface area (Å²) in [5.41, 5.74) is 0.233. The van der Waals surface area contributed by atoms with E-state index in [-0.39, 0.29) is 12.1 Å². The predicted octanol–water partition coefficient (Wildman–Crippen LogP) is 3.14. The maximum atomic E-state index is 12.7. The van der Waals surface area contributed by atoms with Gasteiger partial charge in [0.05, 0.1) is 6.26 Å². The molecule has 0 aliphatic rings. The Morgan fingerprint density at radius 3 is 2.54 bits per heavy atom. The molecule has 0 bridgehead atoms. The van der Waals surface area contributed by atoms with Gasteiger partial charge in [0.1, 0.15) is 17.5 Å². The summed E-state index contributed by atoms with van der Waals surface area (Å²) in [6.07, 6.45) is 4.88. The Bertz CT molecular complexity index is 850. The van der Waals surface area contributed by atoms with Crippen LogP contribution in [-0.2, 0) is 9.59 Å². The summed E-state index contributed by atoms with van der Waals surface area (Å²) in [6.45, 7) is 0. The van der Waals surface area contributed by atoms with Crippen molar-refractivity contribution in [1.29, 1.82) is 0 Å². The van der Waals surface area contributed by atoms with Crippen LogP contribution in [0.3, 0.4) is 0 Å². The van der Waals surface area contributed by atoms with Gasteiger partial charge in [-0.2, -0.15) is 11.8 Å². The van der Waals surface area contributed by atoms with Crippen molar-refractivity contribution in [1.82, 2.24) is 10.6 Å². The molecule has 148 valence electrons. The molecular weight excluding hydrogens is 448 g/mol. The Hall–Kier alpha value is -2.52. The van der Waals surface area contributed by atoms with Gasteiger partial charge in [0.25, 0.3) is 11.8 Å². The van der Waals surface area contributed by atoms with Crippen molar-refractivity contribution in [2.24, 2.45) is 0 Å². The Kier molecular flexibility index (Phi) is 8.34. The third-order valence-corrected chi connectivity index (χ3v) is 4.82. The number of benzene rings is 1. The van der Waals surface area contributed by atoms with E-state index in [2.05, 4.69) is 26.6 Å². The Morgan fingerprint density at radius 2 is 1.96 bits per heavy atom. The lowest BCUT2D eigenvalue weighted by atomic mass is 10.2. The summed E-state index contributed by atoms with van der Waals surface area (Å²) in [7, 11) is 0. The first kappa shape index (κ1) is 21.8. The van der Waals surface area contributed by atoms with Crippen LogP contribution in [0.5, 0.6) is 0 Å². The van der Waals surface area contributed by atoms with Gasteiger partial charge in [-0.15, -0.1) is 0 Å². The molecular formula is C19H19BrN2O5S. The zero-order chi connectivity index (χ0) is 20.5. The highest BCUT2D eigenvalue weighted by Crippen LogP contribution is 2.12. The SMILES string of the molecule is CSCCC(NC(=O)C(=Cc1ccco1)NC(=O)c1ccc(Br)cc1)C(=O)O. The van der Waals surface area contributed by atoms with Crippen molar-refractivity contribution in [2.45, 2.75) is 12.5 Å². The van der Waals surface area contributed by atoms with E-state index < -0.39 is 23.8 Å². The fourth-order valence-corrected chi connectivity index (χ4v) is 2.93. The number of hydrogen-bond acceptors (Lipinski definition) is 5. The lowest BCUT2D eigenvalue weighted by molar-refractivity contribution is -0.141. The fraction of sp³-hybridized carbons (Fsp3) is 0.211. The van der Waals surface area contributed by atoms with Crippen LogP contribution in [0.25, 0.3) is 6.08 Å². The van der Waals surface area contributed by atoms with E-state index in [0.29, 0.717) is 17.1 Å². The molecule has 1 unspecified atom stereocenters. The van der Waals surface area contributed by atoms with Crippen molar-refractivity contribution in [3.63, 3.8) is 0 Å². The fourth-order valence-electron chi connectivity index (χ4n) is 2.20. The monoisotopic (exact) mass is 466 g/mol. The quantitative estimate of drug-likeness (QED) is 0.489. The molecule has 2 aromatic rings. The Labute approximate surface area is 174 Å². The molecule has 7 nitrogen and oxygen atoms in total. The van der Waals surface area contributed by atoms with Gasteiger partial charge in [-0.1, -0.05) is 15.9 Å². The third kappa shape index (κ3) is 6.58. The maximum Gasteiger partial charge on any atom is 0.326 e. The highest BCUT2D eigenvalue weighted by Gasteiger charge is 2.23. The smallest absolute Gasteiger partial charge is 0.326 e. The standard InChI is InChI=1S/C19H19BrN2O5S/c1-28-10-8-15(19(25)26)21-18(24)16(11-14-3-2-9-27-14)22-17(23)12-4-6-13(20)7-5-12/h2-7,9,11,15H,8,10H2,1H3,(H,21,24)(H,22,23)(H,25,26). The van der Waals surface area contributed by atoms with Crippen LogP contribution in [0.2, 0.25) is 0 Å². The van der Waals surface area contributed by atoms with E-state index in [0.717, 1.165) is 4.47 Å². The topological polar surface area (TPSA) is 109 Å². The van der Waals surface area contributed by atoms with Crippen molar-refractivity contribution in [3.8, 4) is 0 Å². The summed E-state index contributed by atoms with van der Waals surface area (Å²) < 4.78 is 6.01. The first-order chi connectivity index (χ1) is 13.4. The maximum absolute atomic E-state index is 12.7. The predicted molar refractivity (Wildman–Crippen MR) is 111 cm³/mol. The van der Waals surface area contributed by atoms with Crippen LogP contribution in [0, 0.1) is 0 Å². The summed E-state index contributed by atoms with van der Waals surface area (Å²) in [5.74, 6) is -1.44. The molecule has 9 heteroatoms. The molecule has 0 fully saturated rings. The number of nitrogens with one attached hydrogen (secondary N) is 2. The number of halogens is 1. The summed E-state index contributed by atoms with van der Waals surface area (Å²) >= 11 is 4.77. The number of thioether (sulfide) groups is 1. The molecule has 0 aliphatic heterocycles. The van der Waals surface area contributed by atoms with Crippen LogP contribution in [-0.4, -0.2) is 40.9 Å². The minimum atomic E-state index is -1.14. The van der Waals surface area contributed by atoms with Crippen LogP contribution >= 0.6 is 27.7 Å². The second-order valence-corrected chi connectivity index (χ2v) is 7.58. The van der Waals surface area contributed by atoms with Crippen molar-refractivity contribution in [3.05, 3.63) is 64.2 Å². The molecule has 0 aliphatic carbocycles. The van der Waals surface area contributed by atoms with E-state index in [1.54, 1.807) is 36.4 Å². The molecule has 3 N–H and O–H groups in total. The van der Waals surface area contributed by atoms with Gasteiger partial charge >= 0.3 is 5.97 Å². The molecule has 1 aromatic heterocycles. The number of aliphatic carboxylic acids is 1. The third-order valence-electron chi connectivity index (χ3n) is 3.64. The Morgan fingerprint density at radius 1 is 1.25 bits per heavy atom. The highest BCUT2D eigenvalue weighted by molar-refractivity contribution is 9.10. The minimum absolute atomic E-state index is 0.113. The lowest BCUT2D eigenvalue weighted by Crippen LogP contribution is -2.44. The minimum Gasteiger partial charge on any atom is -0.480 e. The largest absolute Gasteiger partial charge is 0.480 e. The number of hydrogen-bond donors (Lipinski definition) is 3. The molecule has 0 radical (unpaired) electrons. The lowest BCUT2D eigenvalue weighted by Gasteiger charge is -2.16. The van der Waals surface area contributed by atoms with Crippen LogP contribution < -0.4 is 10.6 Å². The van der Waals surface area contributed by atoms with Gasteiger partial charge in [-0.05, 0) is 54.8 Å². The van der Waals surface area contributed by atoms with Gasteiger partial charge in [0, 0.05) is 16.1 Å². The summed E-state index contributed by atoms with van der Waals surface area (Å²) in [4.78, 5) is 36.6. The van der Waals surface area contributed by atoms with E-state index in [1.165, 1.54) is 24.1 Å². The number of rotatable bonds is 9. The average Bonchev–Trinajstić information content (AvgIpc) is 3.17. The molecule has 1 heterocycles. The number of carbonyl (C=O) groups excluding carboxylic acids is 2. The zero-order valence-electron chi connectivity index (χ0n) is 15.0. The Balaban J connectivity index is 2.21. The van der Waals surface area contributed by atoms with Crippen LogP contribution in [0.1, 0.15) is 22.5 Å². The van der Waals surface area contributed by atoms with Gasteiger partial charge in [0.15, 0.2) is 0 Å². The van der Waals surface area contributed by atoms with E-state index in [1.807, 2.05) is 6.26 Å². The van der Waals surface area contributed by atoms with Crippen molar-refractivity contribution < 1.29 is 23.9 Å². The molecule has 0 spiro atoms. The van der Waals surface area contributed by atoms with Crippen LogP contribution in [0.4, 0.5) is 0 Å². The van der Waals surface area contributed by atoms with Crippen molar-refractivity contribution >= 4 is 51.6 Å². The van der Waals surface area contributed by atoms with Gasteiger partial charge in [-0.25, -0.2) is 4.79 Å². The zero-order valence-corrected chi connectivity index (χ0v) is 17.4. The van der Waals surface area contributed by atoms with Gasteiger partial charge in [0.2, 0.25) is 0 Å². The van der Waals surface area contributed by atoms with E-state index in [4.69, 9.17) is 4.42 Å². The normalized spacial score (nSPS) is 12.3. The molecule has 1 aromatic carbocycles. The molecule has 0 saturated heterocycles. The number of amides is 2. The molecule has 1 atom stereocenters. The van der Waals surface area contributed by atoms with Crippen LogP contribution in [0.15, 0.2) is 57.2 Å². The second-order valence-electron chi connectivity index (χ2n) is 5.68. The molecule has 2 amide bonds. The molecule has 0 saturated carbocycles. The molecule has 28 heavy (non-hydrogen) atoms. The van der Waals surface area contributed by atoms with Gasteiger partial charge < -0.3 is 20.2 Å². The van der Waals surface area contributed by atoms with E-state index >= 15 is 0 Å². The molecule has 2 rings (SSSR count). The second kappa shape index (κ2) is 10.7. The van der Waals surface area contributed by atoms with Gasteiger partial charge in [-0.3, -0.25) is 9.59 Å². The first-order valence-corrected chi connectivity index (χ1v) is 10.4. The summed E-state index contributed by atoms with van der Waals surface area (Å²) in [5, 5.41) is 14.3. The van der Waals surface area contributed by atoms with Crippen molar-refractivity contribution in [2.75, 3.05) is 12.0 Å². The number of carboxylic acids is 1. The van der Waals surface area contributed by atoms with E-state index in [9.17, 15) is 19.5 Å². The first-order valence-electron chi connectivity index (χ1n) is 8.25. The number of carboxylic acid groups (broad SMARTS) is 1. The summed E-state index contributed by atoms with van der Waals surface area (Å²) in [6, 6.07) is 8.78. The number of furan rings is 1. The average molecular weight is 467 g/mol.